The largest absolute Gasteiger partial charge is 0.369 e. The molecule has 2 aromatic rings. The van der Waals surface area contributed by atoms with Gasteiger partial charge in [-0.25, -0.2) is 4.98 Å². The molecule has 3 rings (SSSR count). The lowest BCUT2D eigenvalue weighted by Gasteiger charge is -2.22. The van der Waals surface area contributed by atoms with Crippen molar-refractivity contribution in [3.8, 4) is 0 Å². The van der Waals surface area contributed by atoms with Crippen molar-refractivity contribution in [3.63, 3.8) is 0 Å². The first-order valence-corrected chi connectivity index (χ1v) is 5.67. The van der Waals surface area contributed by atoms with Crippen molar-refractivity contribution < 1.29 is 4.74 Å². The molecule has 1 fully saturated rings. The summed E-state index contributed by atoms with van der Waals surface area (Å²) < 4.78 is 5.67. The molecule has 0 spiro atoms. The average molecular weight is 238 g/mol. The Labute approximate surface area is 98.0 Å². The maximum Gasteiger partial charge on any atom is 0.137 e. The number of nitrogens with one attached hydrogen (secondary N) is 2. The van der Waals surface area contributed by atoms with Gasteiger partial charge in [-0.3, -0.25) is 0 Å². The average Bonchev–Trinajstić information content (AvgIpc) is 2.73. The first-order valence-electron chi connectivity index (χ1n) is 5.29. The zero-order valence-corrected chi connectivity index (χ0v) is 9.42. The van der Waals surface area contributed by atoms with Crippen molar-refractivity contribution in [1.29, 1.82) is 0 Å². The number of H-pyrrole nitrogens is 1. The molecule has 0 radical (unpaired) electrons. The number of pyridine rings is 1. The number of fused-ring (bicyclic) bond motifs is 1. The molecule has 1 saturated heterocycles. The Morgan fingerprint density at radius 1 is 1.44 bits per heavy atom. The summed E-state index contributed by atoms with van der Waals surface area (Å²) in [4.78, 5) is 7.49. The normalized spacial score (nSPS) is 21.4. The Morgan fingerprint density at radius 2 is 2.38 bits per heavy atom. The van der Waals surface area contributed by atoms with Crippen LogP contribution in [0.3, 0.4) is 0 Å². The van der Waals surface area contributed by atoms with Crippen LogP contribution < -0.4 is 5.32 Å². The minimum atomic E-state index is 0.0849. The SMILES string of the molecule is Clc1cnc2[nH]c(C3CNCCO3)cc2c1. The molecule has 0 aliphatic carbocycles. The lowest BCUT2D eigenvalue weighted by Crippen LogP contribution is -2.33. The van der Waals surface area contributed by atoms with Crippen molar-refractivity contribution in [2.75, 3.05) is 19.7 Å². The fraction of sp³-hybridized carbons (Fsp3) is 0.364. The maximum atomic E-state index is 5.89. The summed E-state index contributed by atoms with van der Waals surface area (Å²) >= 11 is 5.89. The van der Waals surface area contributed by atoms with E-state index in [1.54, 1.807) is 6.20 Å². The third-order valence-electron chi connectivity index (χ3n) is 2.73. The van der Waals surface area contributed by atoms with Crippen LogP contribution >= 0.6 is 11.6 Å². The van der Waals surface area contributed by atoms with Gasteiger partial charge in [-0.2, -0.15) is 0 Å². The van der Waals surface area contributed by atoms with Gasteiger partial charge in [0.2, 0.25) is 0 Å². The van der Waals surface area contributed by atoms with Gasteiger partial charge in [-0.05, 0) is 12.1 Å². The first kappa shape index (κ1) is 10.1. The fourth-order valence-electron chi connectivity index (χ4n) is 1.95. The molecule has 0 amide bonds. The van der Waals surface area contributed by atoms with Crippen molar-refractivity contribution in [1.82, 2.24) is 15.3 Å². The minimum Gasteiger partial charge on any atom is -0.369 e. The summed E-state index contributed by atoms with van der Waals surface area (Å²) in [6.07, 6.45) is 1.73. The zero-order chi connectivity index (χ0) is 11.0. The Hall–Kier alpha value is -1.10. The Bertz CT molecular complexity index is 505. The second-order valence-corrected chi connectivity index (χ2v) is 4.32. The molecular formula is C11H12ClN3O. The van der Waals surface area contributed by atoms with Gasteiger partial charge in [0.05, 0.1) is 11.6 Å². The van der Waals surface area contributed by atoms with E-state index in [9.17, 15) is 0 Å². The topological polar surface area (TPSA) is 49.9 Å². The summed E-state index contributed by atoms with van der Waals surface area (Å²) in [6, 6.07) is 3.95. The number of nitrogens with zero attached hydrogens (tertiary/aromatic N) is 1. The van der Waals surface area contributed by atoms with Crippen LogP contribution in [0.1, 0.15) is 11.8 Å². The second kappa shape index (κ2) is 4.05. The Kier molecular flexibility index (Phi) is 2.55. The van der Waals surface area contributed by atoms with E-state index < -0.39 is 0 Å². The van der Waals surface area contributed by atoms with Crippen molar-refractivity contribution >= 4 is 22.6 Å². The highest BCUT2D eigenvalue weighted by atomic mass is 35.5. The van der Waals surface area contributed by atoms with Gasteiger partial charge >= 0.3 is 0 Å². The van der Waals surface area contributed by atoms with Gasteiger partial charge < -0.3 is 15.0 Å². The monoisotopic (exact) mass is 237 g/mol. The number of ether oxygens (including phenoxy) is 1. The predicted octanol–water partition coefficient (Wildman–Crippen LogP) is 1.88. The smallest absolute Gasteiger partial charge is 0.137 e. The van der Waals surface area contributed by atoms with E-state index in [1.807, 2.05) is 12.1 Å². The van der Waals surface area contributed by atoms with Crippen molar-refractivity contribution in [2.24, 2.45) is 0 Å². The molecule has 1 unspecified atom stereocenters. The van der Waals surface area contributed by atoms with Crippen molar-refractivity contribution in [2.45, 2.75) is 6.10 Å². The van der Waals surface area contributed by atoms with Gasteiger partial charge in [0.15, 0.2) is 0 Å². The third kappa shape index (κ3) is 1.80. The lowest BCUT2D eigenvalue weighted by atomic mass is 10.2. The number of rotatable bonds is 1. The third-order valence-corrected chi connectivity index (χ3v) is 2.94. The van der Waals surface area contributed by atoms with Crippen LogP contribution in [0.5, 0.6) is 0 Å². The molecule has 3 heterocycles. The van der Waals surface area contributed by atoms with E-state index in [0.29, 0.717) is 5.02 Å². The quantitative estimate of drug-likeness (QED) is 0.796. The van der Waals surface area contributed by atoms with E-state index >= 15 is 0 Å². The van der Waals surface area contributed by atoms with Gasteiger partial charge in [0, 0.05) is 30.4 Å². The predicted molar refractivity (Wildman–Crippen MR) is 62.7 cm³/mol. The second-order valence-electron chi connectivity index (χ2n) is 3.88. The highest BCUT2D eigenvalue weighted by Crippen LogP contribution is 2.23. The van der Waals surface area contributed by atoms with Crippen LogP contribution in [-0.2, 0) is 4.74 Å². The summed E-state index contributed by atoms with van der Waals surface area (Å²) in [5.74, 6) is 0. The van der Waals surface area contributed by atoms with Crippen LogP contribution in [0.25, 0.3) is 11.0 Å². The number of aromatic nitrogens is 2. The zero-order valence-electron chi connectivity index (χ0n) is 8.66. The number of aromatic amines is 1. The van der Waals surface area contributed by atoms with Gasteiger partial charge in [-0.15, -0.1) is 0 Å². The number of hydrogen-bond donors (Lipinski definition) is 2. The van der Waals surface area contributed by atoms with E-state index in [1.165, 1.54) is 0 Å². The van der Waals surface area contributed by atoms with Crippen LogP contribution in [0.4, 0.5) is 0 Å². The number of halogens is 1. The molecule has 5 heteroatoms. The fourth-order valence-corrected chi connectivity index (χ4v) is 2.11. The van der Waals surface area contributed by atoms with E-state index in [-0.39, 0.29) is 6.10 Å². The van der Waals surface area contributed by atoms with Crippen LogP contribution in [-0.4, -0.2) is 29.7 Å². The molecular weight excluding hydrogens is 226 g/mol. The van der Waals surface area contributed by atoms with Crippen LogP contribution in [0.15, 0.2) is 18.3 Å². The molecule has 1 aliphatic rings. The highest BCUT2D eigenvalue weighted by molar-refractivity contribution is 6.31. The summed E-state index contributed by atoms with van der Waals surface area (Å²) in [6.45, 7) is 2.50. The van der Waals surface area contributed by atoms with Gasteiger partial charge in [0.1, 0.15) is 11.8 Å². The molecule has 16 heavy (non-hydrogen) atoms. The molecule has 84 valence electrons. The van der Waals surface area contributed by atoms with Gasteiger partial charge in [-0.1, -0.05) is 11.6 Å². The maximum absolute atomic E-state index is 5.89. The molecule has 1 atom stereocenters. The summed E-state index contributed by atoms with van der Waals surface area (Å²) in [5.41, 5.74) is 1.91. The number of hydrogen-bond acceptors (Lipinski definition) is 3. The van der Waals surface area contributed by atoms with Gasteiger partial charge in [0.25, 0.3) is 0 Å². The Morgan fingerprint density at radius 3 is 3.19 bits per heavy atom. The molecule has 2 N–H and O–H groups in total. The van der Waals surface area contributed by atoms with Crippen molar-refractivity contribution in [3.05, 3.63) is 29.0 Å². The lowest BCUT2D eigenvalue weighted by molar-refractivity contribution is 0.0255. The molecule has 0 saturated carbocycles. The molecule has 2 aromatic heterocycles. The minimum absolute atomic E-state index is 0.0849. The standard InChI is InChI=1S/C11H12ClN3O/c12-8-3-7-4-9(15-11(7)14-5-8)10-6-13-1-2-16-10/h3-5,10,13H,1-2,6H2,(H,14,15). The molecule has 4 nitrogen and oxygen atoms in total. The first-order chi connectivity index (χ1) is 7.83. The summed E-state index contributed by atoms with van der Waals surface area (Å²) in [7, 11) is 0. The van der Waals surface area contributed by atoms with E-state index in [2.05, 4.69) is 15.3 Å². The molecule has 0 aromatic carbocycles. The Balaban J connectivity index is 1.97. The molecule has 1 aliphatic heterocycles. The van der Waals surface area contributed by atoms with E-state index in [0.717, 1.165) is 36.4 Å². The molecule has 0 bridgehead atoms. The van der Waals surface area contributed by atoms with E-state index in [4.69, 9.17) is 16.3 Å². The summed E-state index contributed by atoms with van der Waals surface area (Å²) in [5, 5.41) is 4.98. The highest BCUT2D eigenvalue weighted by Gasteiger charge is 2.17. The number of morpholine rings is 1. The van der Waals surface area contributed by atoms with Crippen LogP contribution in [0, 0.1) is 0 Å². The van der Waals surface area contributed by atoms with Crippen LogP contribution in [0.2, 0.25) is 5.02 Å².